The summed E-state index contributed by atoms with van der Waals surface area (Å²) in [6, 6.07) is 15.1. The molecule has 2 N–H and O–H groups in total. The molecule has 0 saturated carbocycles. The SMILES string of the molecule is COc1ccc(C2Cc3ccccc3NC(=O)[C@@H]2O)cc1. The monoisotopic (exact) mass is 283 g/mol. The van der Waals surface area contributed by atoms with E-state index in [2.05, 4.69) is 5.32 Å². The molecule has 0 radical (unpaired) electrons. The smallest absolute Gasteiger partial charge is 0.253 e. The van der Waals surface area contributed by atoms with Crippen molar-refractivity contribution in [2.45, 2.75) is 18.4 Å². The lowest BCUT2D eigenvalue weighted by Gasteiger charge is -2.19. The lowest BCUT2D eigenvalue weighted by atomic mass is 9.88. The van der Waals surface area contributed by atoms with E-state index in [1.165, 1.54) is 0 Å². The molecule has 108 valence electrons. The number of rotatable bonds is 2. The first-order valence-electron chi connectivity index (χ1n) is 6.90. The Kier molecular flexibility index (Phi) is 3.62. The molecule has 0 aliphatic carbocycles. The molecule has 0 fully saturated rings. The van der Waals surface area contributed by atoms with Crippen LogP contribution in [0, 0.1) is 0 Å². The number of para-hydroxylation sites is 1. The molecule has 1 unspecified atom stereocenters. The maximum Gasteiger partial charge on any atom is 0.253 e. The summed E-state index contributed by atoms with van der Waals surface area (Å²) in [7, 11) is 1.61. The van der Waals surface area contributed by atoms with Crippen molar-refractivity contribution in [3.05, 3.63) is 59.7 Å². The molecule has 0 spiro atoms. The molecule has 2 aromatic carbocycles. The summed E-state index contributed by atoms with van der Waals surface area (Å²) >= 11 is 0. The van der Waals surface area contributed by atoms with Gasteiger partial charge in [-0.05, 0) is 35.7 Å². The highest BCUT2D eigenvalue weighted by molar-refractivity contribution is 5.96. The maximum absolute atomic E-state index is 12.1. The number of methoxy groups -OCH3 is 1. The van der Waals surface area contributed by atoms with Gasteiger partial charge in [0.1, 0.15) is 11.9 Å². The summed E-state index contributed by atoms with van der Waals surface area (Å²) in [6.45, 7) is 0. The number of fused-ring (bicyclic) bond motifs is 1. The molecule has 0 aromatic heterocycles. The second-order valence-electron chi connectivity index (χ2n) is 5.18. The van der Waals surface area contributed by atoms with Crippen LogP contribution in [0.25, 0.3) is 0 Å². The Morgan fingerprint density at radius 2 is 1.86 bits per heavy atom. The van der Waals surface area contributed by atoms with Crippen LogP contribution in [0.5, 0.6) is 5.75 Å². The van der Waals surface area contributed by atoms with Gasteiger partial charge in [0, 0.05) is 11.6 Å². The van der Waals surface area contributed by atoms with E-state index in [1.54, 1.807) is 7.11 Å². The summed E-state index contributed by atoms with van der Waals surface area (Å²) in [5.41, 5.74) is 2.73. The fourth-order valence-electron chi connectivity index (χ4n) is 2.71. The number of anilines is 1. The van der Waals surface area contributed by atoms with Crippen LogP contribution in [0.15, 0.2) is 48.5 Å². The zero-order valence-corrected chi connectivity index (χ0v) is 11.7. The minimum Gasteiger partial charge on any atom is -0.497 e. The second-order valence-corrected chi connectivity index (χ2v) is 5.18. The van der Waals surface area contributed by atoms with Crippen molar-refractivity contribution in [2.75, 3.05) is 12.4 Å². The largest absolute Gasteiger partial charge is 0.497 e. The van der Waals surface area contributed by atoms with E-state index in [-0.39, 0.29) is 11.8 Å². The van der Waals surface area contributed by atoms with E-state index in [0.717, 1.165) is 22.6 Å². The normalized spacial score (nSPS) is 21.1. The number of hydrogen-bond acceptors (Lipinski definition) is 3. The highest BCUT2D eigenvalue weighted by Crippen LogP contribution is 2.32. The van der Waals surface area contributed by atoms with E-state index in [1.807, 2.05) is 48.5 Å². The predicted octanol–water partition coefficient (Wildman–Crippen LogP) is 2.33. The number of carbonyl (C=O) groups is 1. The molecule has 4 nitrogen and oxygen atoms in total. The van der Waals surface area contributed by atoms with Gasteiger partial charge in [0.25, 0.3) is 5.91 Å². The van der Waals surface area contributed by atoms with Crippen molar-refractivity contribution >= 4 is 11.6 Å². The van der Waals surface area contributed by atoms with Crippen LogP contribution >= 0.6 is 0 Å². The Morgan fingerprint density at radius 3 is 2.57 bits per heavy atom. The summed E-state index contributed by atoms with van der Waals surface area (Å²) in [4.78, 5) is 12.1. The highest BCUT2D eigenvalue weighted by atomic mass is 16.5. The third-order valence-corrected chi connectivity index (χ3v) is 3.91. The van der Waals surface area contributed by atoms with Crippen molar-refractivity contribution in [1.29, 1.82) is 0 Å². The van der Waals surface area contributed by atoms with Crippen LogP contribution in [0.4, 0.5) is 5.69 Å². The number of ether oxygens (including phenoxy) is 1. The van der Waals surface area contributed by atoms with Gasteiger partial charge in [-0.2, -0.15) is 0 Å². The first-order chi connectivity index (χ1) is 10.2. The van der Waals surface area contributed by atoms with Crippen LogP contribution in [0.1, 0.15) is 17.0 Å². The Hall–Kier alpha value is -2.33. The molecule has 1 heterocycles. The average molecular weight is 283 g/mol. The third-order valence-electron chi connectivity index (χ3n) is 3.91. The van der Waals surface area contributed by atoms with Gasteiger partial charge in [0.05, 0.1) is 7.11 Å². The first-order valence-corrected chi connectivity index (χ1v) is 6.90. The molecule has 0 saturated heterocycles. The van der Waals surface area contributed by atoms with E-state index >= 15 is 0 Å². The predicted molar refractivity (Wildman–Crippen MR) is 80.5 cm³/mol. The fraction of sp³-hybridized carbons (Fsp3) is 0.235. The van der Waals surface area contributed by atoms with E-state index in [0.29, 0.717) is 6.42 Å². The number of nitrogens with one attached hydrogen (secondary N) is 1. The van der Waals surface area contributed by atoms with Crippen LogP contribution in [0.3, 0.4) is 0 Å². The van der Waals surface area contributed by atoms with E-state index in [9.17, 15) is 9.90 Å². The number of amides is 1. The van der Waals surface area contributed by atoms with Crippen LogP contribution in [-0.4, -0.2) is 24.2 Å². The molecule has 1 aliphatic rings. The van der Waals surface area contributed by atoms with Crippen molar-refractivity contribution < 1.29 is 14.6 Å². The van der Waals surface area contributed by atoms with Crippen LogP contribution in [-0.2, 0) is 11.2 Å². The molecular formula is C17H17NO3. The van der Waals surface area contributed by atoms with Gasteiger partial charge in [-0.15, -0.1) is 0 Å². The van der Waals surface area contributed by atoms with Gasteiger partial charge in [-0.1, -0.05) is 30.3 Å². The Bertz CT molecular complexity index is 651. The topological polar surface area (TPSA) is 58.6 Å². The molecule has 1 amide bonds. The number of aliphatic hydroxyl groups is 1. The van der Waals surface area contributed by atoms with E-state index < -0.39 is 6.10 Å². The minimum atomic E-state index is -1.06. The van der Waals surface area contributed by atoms with Gasteiger partial charge in [-0.25, -0.2) is 0 Å². The maximum atomic E-state index is 12.1. The quantitative estimate of drug-likeness (QED) is 0.889. The molecule has 2 aromatic rings. The highest BCUT2D eigenvalue weighted by Gasteiger charge is 2.31. The van der Waals surface area contributed by atoms with Gasteiger partial charge in [-0.3, -0.25) is 4.79 Å². The van der Waals surface area contributed by atoms with Crippen molar-refractivity contribution in [3.63, 3.8) is 0 Å². The Labute approximate surface area is 123 Å². The molecule has 0 bridgehead atoms. The zero-order valence-electron chi connectivity index (χ0n) is 11.7. The lowest BCUT2D eigenvalue weighted by molar-refractivity contribution is -0.124. The Balaban J connectivity index is 1.98. The number of benzene rings is 2. The average Bonchev–Trinajstić information content (AvgIpc) is 2.65. The van der Waals surface area contributed by atoms with Gasteiger partial charge in [0.2, 0.25) is 0 Å². The summed E-state index contributed by atoms with van der Waals surface area (Å²) in [5.74, 6) is 0.132. The molecule has 1 aliphatic heterocycles. The zero-order chi connectivity index (χ0) is 14.8. The van der Waals surface area contributed by atoms with Gasteiger partial charge >= 0.3 is 0 Å². The molecule has 3 rings (SSSR count). The van der Waals surface area contributed by atoms with Gasteiger partial charge < -0.3 is 15.2 Å². The molecule has 21 heavy (non-hydrogen) atoms. The fourth-order valence-corrected chi connectivity index (χ4v) is 2.71. The third kappa shape index (κ3) is 2.62. The summed E-state index contributed by atoms with van der Waals surface area (Å²) in [5, 5.41) is 13.1. The van der Waals surface area contributed by atoms with Crippen molar-refractivity contribution in [2.24, 2.45) is 0 Å². The minimum absolute atomic E-state index is 0.264. The first kappa shape index (κ1) is 13.6. The van der Waals surface area contributed by atoms with Crippen molar-refractivity contribution in [3.8, 4) is 5.75 Å². The van der Waals surface area contributed by atoms with Gasteiger partial charge in [0.15, 0.2) is 0 Å². The number of hydrogen-bond donors (Lipinski definition) is 2. The molecular weight excluding hydrogens is 266 g/mol. The van der Waals surface area contributed by atoms with Crippen LogP contribution in [0.2, 0.25) is 0 Å². The lowest BCUT2D eigenvalue weighted by Crippen LogP contribution is -2.31. The summed E-state index contributed by atoms with van der Waals surface area (Å²) < 4.78 is 5.14. The summed E-state index contributed by atoms with van der Waals surface area (Å²) in [6.07, 6.45) is -0.451. The van der Waals surface area contributed by atoms with Crippen molar-refractivity contribution in [1.82, 2.24) is 0 Å². The van der Waals surface area contributed by atoms with E-state index in [4.69, 9.17) is 4.74 Å². The Morgan fingerprint density at radius 1 is 1.14 bits per heavy atom. The second kappa shape index (κ2) is 5.58. The van der Waals surface area contributed by atoms with Crippen LogP contribution < -0.4 is 10.1 Å². The molecule has 2 atom stereocenters. The number of aliphatic hydroxyl groups excluding tert-OH is 1. The number of carbonyl (C=O) groups excluding carboxylic acids is 1. The molecule has 4 heteroatoms. The standard InChI is InChI=1S/C17H17NO3/c1-21-13-8-6-11(7-9-13)14-10-12-4-2-3-5-15(12)18-17(20)16(14)19/h2-9,14,16,19H,10H2,1H3,(H,18,20)/t14?,16-/m1/s1.